The van der Waals surface area contributed by atoms with Crippen molar-refractivity contribution < 1.29 is 4.74 Å². The zero-order valence-corrected chi connectivity index (χ0v) is 11.1. The summed E-state index contributed by atoms with van der Waals surface area (Å²) in [5, 5.41) is 1.05. The monoisotopic (exact) mass is 317 g/mol. The normalized spacial score (nSPS) is 10.2. The lowest BCUT2D eigenvalue weighted by atomic mass is 10.3. The Morgan fingerprint density at radius 1 is 1.19 bits per heavy atom. The Hall–Kier alpha value is -0.770. The average molecular weight is 319 g/mol. The molecule has 82 valence electrons. The summed E-state index contributed by atoms with van der Waals surface area (Å²) in [4.78, 5) is 4.07. The lowest BCUT2D eigenvalue weighted by molar-refractivity contribution is 0.460. The minimum absolute atomic E-state index is 0.451. The highest BCUT2D eigenvalue weighted by Crippen LogP contribution is 2.33. The van der Waals surface area contributed by atoms with Crippen LogP contribution in [0.2, 0.25) is 10.0 Å². The summed E-state index contributed by atoms with van der Waals surface area (Å²) in [6.45, 7) is 0. The first-order valence-corrected chi connectivity index (χ1v) is 5.95. The highest BCUT2D eigenvalue weighted by molar-refractivity contribution is 9.10. The number of nitrogens with zero attached hydrogens (tertiary/aromatic N) is 1. The molecule has 2 rings (SSSR count). The van der Waals surface area contributed by atoms with Crippen molar-refractivity contribution in [3.05, 3.63) is 51.0 Å². The molecule has 0 atom stereocenters. The second kappa shape index (κ2) is 5.04. The van der Waals surface area contributed by atoms with Gasteiger partial charge in [-0.05, 0) is 40.2 Å². The number of rotatable bonds is 2. The van der Waals surface area contributed by atoms with Crippen LogP contribution in [0.4, 0.5) is 0 Å². The molecular weight excluding hydrogens is 313 g/mol. The van der Waals surface area contributed by atoms with Crippen LogP contribution in [-0.4, -0.2) is 4.98 Å². The van der Waals surface area contributed by atoms with Gasteiger partial charge >= 0.3 is 0 Å². The third-order valence-electron chi connectivity index (χ3n) is 1.82. The van der Waals surface area contributed by atoms with Gasteiger partial charge in [0.25, 0.3) is 0 Å². The van der Waals surface area contributed by atoms with Gasteiger partial charge in [0.15, 0.2) is 0 Å². The average Bonchev–Trinajstić information content (AvgIpc) is 2.27. The second-order valence-corrected chi connectivity index (χ2v) is 4.67. The molecule has 0 saturated heterocycles. The summed E-state index contributed by atoms with van der Waals surface area (Å²) in [6, 6.07) is 8.66. The third-order valence-corrected chi connectivity index (χ3v) is 2.98. The Bertz CT molecular complexity index is 519. The molecule has 0 N–H and O–H groups in total. The Labute approximate surface area is 111 Å². The maximum absolute atomic E-state index is 5.97. The summed E-state index contributed by atoms with van der Waals surface area (Å²) in [5.74, 6) is 0.931. The van der Waals surface area contributed by atoms with Crippen molar-refractivity contribution in [3.8, 4) is 11.6 Å². The van der Waals surface area contributed by atoms with E-state index in [0.29, 0.717) is 21.7 Å². The van der Waals surface area contributed by atoms with Crippen LogP contribution in [0.1, 0.15) is 0 Å². The molecule has 0 radical (unpaired) electrons. The number of halogens is 3. The van der Waals surface area contributed by atoms with E-state index in [-0.39, 0.29) is 0 Å². The molecule has 0 amide bonds. The van der Waals surface area contributed by atoms with E-state index in [4.69, 9.17) is 27.9 Å². The third kappa shape index (κ3) is 2.67. The number of hydrogen-bond donors (Lipinski definition) is 0. The maximum Gasteiger partial charge on any atom is 0.233 e. The number of ether oxygens (including phenoxy) is 1. The molecule has 0 aliphatic heterocycles. The molecule has 0 aliphatic rings. The molecule has 2 nitrogen and oxygen atoms in total. The van der Waals surface area contributed by atoms with Crippen LogP contribution in [-0.2, 0) is 0 Å². The van der Waals surface area contributed by atoms with Gasteiger partial charge in [-0.2, -0.15) is 0 Å². The second-order valence-electron chi connectivity index (χ2n) is 2.97. The first-order chi connectivity index (χ1) is 7.66. The Morgan fingerprint density at radius 2 is 2.00 bits per heavy atom. The van der Waals surface area contributed by atoms with Crippen LogP contribution in [0, 0.1) is 0 Å². The van der Waals surface area contributed by atoms with Crippen LogP contribution < -0.4 is 4.74 Å². The van der Waals surface area contributed by atoms with Gasteiger partial charge in [-0.3, -0.25) is 0 Å². The Kier molecular flexibility index (Phi) is 3.69. The van der Waals surface area contributed by atoms with Crippen molar-refractivity contribution >= 4 is 39.1 Å². The van der Waals surface area contributed by atoms with E-state index in [1.54, 1.807) is 30.5 Å². The molecule has 0 bridgehead atoms. The Morgan fingerprint density at radius 3 is 2.75 bits per heavy atom. The molecule has 1 aromatic heterocycles. The van der Waals surface area contributed by atoms with E-state index in [1.165, 1.54) is 0 Å². The highest BCUT2D eigenvalue weighted by atomic mass is 79.9. The fraction of sp³-hybridized carbons (Fsp3) is 0. The smallest absolute Gasteiger partial charge is 0.233 e. The van der Waals surface area contributed by atoms with Crippen LogP contribution in [0.3, 0.4) is 0 Å². The van der Waals surface area contributed by atoms with Crippen LogP contribution in [0.15, 0.2) is 41.0 Å². The molecule has 0 spiro atoms. The SMILES string of the molecule is Clc1ccc(Cl)c(Oc2ncccc2Br)c1. The van der Waals surface area contributed by atoms with E-state index < -0.39 is 0 Å². The van der Waals surface area contributed by atoms with Crippen LogP contribution in [0.5, 0.6) is 11.6 Å². The van der Waals surface area contributed by atoms with Gasteiger partial charge < -0.3 is 4.74 Å². The predicted octanol–water partition coefficient (Wildman–Crippen LogP) is 4.94. The zero-order chi connectivity index (χ0) is 11.5. The fourth-order valence-corrected chi connectivity index (χ4v) is 1.76. The largest absolute Gasteiger partial charge is 0.436 e. The predicted molar refractivity (Wildman–Crippen MR) is 68.5 cm³/mol. The molecule has 1 aromatic carbocycles. The molecule has 0 fully saturated rings. The van der Waals surface area contributed by atoms with E-state index in [1.807, 2.05) is 6.07 Å². The van der Waals surface area contributed by atoms with Crippen molar-refractivity contribution in [1.82, 2.24) is 4.98 Å². The van der Waals surface area contributed by atoms with E-state index in [0.717, 1.165) is 4.47 Å². The summed E-state index contributed by atoms with van der Waals surface area (Å²) in [5.41, 5.74) is 0. The van der Waals surface area contributed by atoms with E-state index in [9.17, 15) is 0 Å². The summed E-state index contributed by atoms with van der Waals surface area (Å²) in [7, 11) is 0. The van der Waals surface area contributed by atoms with Gasteiger partial charge in [-0.1, -0.05) is 23.2 Å². The lowest BCUT2D eigenvalue weighted by Gasteiger charge is -2.07. The van der Waals surface area contributed by atoms with Crippen LogP contribution >= 0.6 is 39.1 Å². The molecule has 0 saturated carbocycles. The van der Waals surface area contributed by atoms with Crippen molar-refractivity contribution in [2.45, 2.75) is 0 Å². The first kappa shape index (κ1) is 11.7. The summed E-state index contributed by atoms with van der Waals surface area (Å²) >= 11 is 15.2. The number of hydrogen-bond acceptors (Lipinski definition) is 2. The van der Waals surface area contributed by atoms with Gasteiger partial charge in [0.05, 0.1) is 9.50 Å². The van der Waals surface area contributed by atoms with Gasteiger partial charge in [-0.25, -0.2) is 4.98 Å². The summed E-state index contributed by atoms with van der Waals surface area (Å²) in [6.07, 6.45) is 1.64. The molecule has 0 aliphatic carbocycles. The van der Waals surface area contributed by atoms with Crippen molar-refractivity contribution in [3.63, 3.8) is 0 Å². The van der Waals surface area contributed by atoms with Gasteiger partial charge in [0.1, 0.15) is 5.75 Å². The molecule has 16 heavy (non-hydrogen) atoms. The molecule has 5 heteroatoms. The molecule has 1 heterocycles. The van der Waals surface area contributed by atoms with Crippen molar-refractivity contribution in [2.75, 3.05) is 0 Å². The van der Waals surface area contributed by atoms with Gasteiger partial charge in [-0.15, -0.1) is 0 Å². The zero-order valence-electron chi connectivity index (χ0n) is 7.95. The molecular formula is C11H6BrCl2NO. The minimum Gasteiger partial charge on any atom is -0.436 e. The topological polar surface area (TPSA) is 22.1 Å². The van der Waals surface area contributed by atoms with Crippen molar-refractivity contribution in [1.29, 1.82) is 0 Å². The molecule has 2 aromatic rings. The first-order valence-electron chi connectivity index (χ1n) is 4.40. The minimum atomic E-state index is 0.451. The van der Waals surface area contributed by atoms with Gasteiger partial charge in [0.2, 0.25) is 5.88 Å². The fourth-order valence-electron chi connectivity index (χ4n) is 1.11. The van der Waals surface area contributed by atoms with Gasteiger partial charge in [0, 0.05) is 17.3 Å². The van der Waals surface area contributed by atoms with E-state index >= 15 is 0 Å². The standard InChI is InChI=1S/C11H6BrCl2NO/c12-8-2-1-5-15-11(8)16-10-6-7(13)3-4-9(10)14/h1-6H. The lowest BCUT2D eigenvalue weighted by Crippen LogP contribution is -1.89. The van der Waals surface area contributed by atoms with Crippen LogP contribution in [0.25, 0.3) is 0 Å². The number of pyridine rings is 1. The summed E-state index contributed by atoms with van der Waals surface area (Å²) < 4.78 is 6.30. The maximum atomic E-state index is 5.97. The number of benzene rings is 1. The highest BCUT2D eigenvalue weighted by Gasteiger charge is 2.07. The molecule has 0 unspecified atom stereocenters. The van der Waals surface area contributed by atoms with Crippen molar-refractivity contribution in [2.24, 2.45) is 0 Å². The van der Waals surface area contributed by atoms with E-state index in [2.05, 4.69) is 20.9 Å². The Balaban J connectivity index is 2.34. The number of aromatic nitrogens is 1. The quantitative estimate of drug-likeness (QED) is 0.782.